The summed E-state index contributed by atoms with van der Waals surface area (Å²) in [5.41, 5.74) is 2.10. The third kappa shape index (κ3) is 6.89. The van der Waals surface area contributed by atoms with Crippen molar-refractivity contribution in [2.45, 2.75) is 38.8 Å². The lowest BCUT2D eigenvalue weighted by Gasteiger charge is -2.07. The Bertz CT molecular complexity index is 445. The van der Waals surface area contributed by atoms with Gasteiger partial charge >= 0.3 is 5.97 Å². The van der Waals surface area contributed by atoms with E-state index in [4.69, 9.17) is 9.84 Å². The van der Waals surface area contributed by atoms with E-state index in [1.807, 2.05) is 24.3 Å². The van der Waals surface area contributed by atoms with Gasteiger partial charge in [-0.25, -0.2) is 0 Å². The molecule has 1 rings (SSSR count). The molecule has 0 radical (unpaired) electrons. The molecule has 0 saturated heterocycles. The number of amides is 1. The van der Waals surface area contributed by atoms with Gasteiger partial charge in [0.25, 0.3) is 0 Å². The van der Waals surface area contributed by atoms with Gasteiger partial charge in [0.05, 0.1) is 6.61 Å². The number of hydrogen-bond donors (Lipinski definition) is 2. The molecule has 0 aliphatic carbocycles. The minimum absolute atomic E-state index is 0.0486. The van der Waals surface area contributed by atoms with E-state index >= 15 is 0 Å². The Morgan fingerprint density at radius 3 is 2.60 bits per heavy atom. The van der Waals surface area contributed by atoms with Crippen molar-refractivity contribution in [1.82, 2.24) is 5.32 Å². The molecule has 20 heavy (non-hydrogen) atoms. The number of methoxy groups -OCH3 is 1. The van der Waals surface area contributed by atoms with E-state index in [-0.39, 0.29) is 12.3 Å². The molecule has 1 aromatic carbocycles. The number of rotatable bonds is 9. The summed E-state index contributed by atoms with van der Waals surface area (Å²) in [6, 6.07) is 7.85. The van der Waals surface area contributed by atoms with Gasteiger partial charge in [0, 0.05) is 26.5 Å². The quantitative estimate of drug-likeness (QED) is 0.679. The number of hydrogen-bond acceptors (Lipinski definition) is 3. The Morgan fingerprint density at radius 1 is 1.20 bits per heavy atom. The maximum atomic E-state index is 11.6. The molecule has 0 atom stereocenters. The number of aliphatic carboxylic acids is 1. The SMILES string of the molecule is COCc1cccc(CNC(=O)CCCCC(=O)O)c1. The van der Waals surface area contributed by atoms with Crippen LogP contribution in [-0.2, 0) is 27.5 Å². The van der Waals surface area contributed by atoms with Crippen molar-refractivity contribution in [3.63, 3.8) is 0 Å². The van der Waals surface area contributed by atoms with Gasteiger partial charge in [0.1, 0.15) is 0 Å². The molecule has 1 amide bonds. The molecule has 0 saturated carbocycles. The van der Waals surface area contributed by atoms with Gasteiger partial charge in [-0.05, 0) is 24.0 Å². The molecule has 1 aromatic rings. The number of carbonyl (C=O) groups excluding carboxylic acids is 1. The summed E-state index contributed by atoms with van der Waals surface area (Å²) < 4.78 is 5.06. The molecule has 0 bridgehead atoms. The second-order valence-electron chi connectivity index (χ2n) is 4.63. The highest BCUT2D eigenvalue weighted by Gasteiger charge is 2.03. The number of benzene rings is 1. The van der Waals surface area contributed by atoms with Crippen molar-refractivity contribution in [2.24, 2.45) is 0 Å². The Morgan fingerprint density at radius 2 is 1.90 bits per heavy atom. The first-order chi connectivity index (χ1) is 9.61. The van der Waals surface area contributed by atoms with Gasteiger partial charge < -0.3 is 15.2 Å². The van der Waals surface area contributed by atoms with Gasteiger partial charge in [-0.3, -0.25) is 9.59 Å². The Hall–Kier alpha value is -1.88. The lowest BCUT2D eigenvalue weighted by Crippen LogP contribution is -2.22. The fourth-order valence-electron chi connectivity index (χ4n) is 1.85. The standard InChI is InChI=1S/C15H21NO4/c1-20-11-13-6-4-5-12(9-13)10-16-14(17)7-2-3-8-15(18)19/h4-6,9H,2-3,7-8,10-11H2,1H3,(H,16,17)(H,18,19). The summed E-state index contributed by atoms with van der Waals surface area (Å²) >= 11 is 0. The summed E-state index contributed by atoms with van der Waals surface area (Å²) in [6.07, 6.45) is 1.62. The molecule has 0 aromatic heterocycles. The van der Waals surface area contributed by atoms with Crippen LogP contribution in [0, 0.1) is 0 Å². The first kappa shape index (κ1) is 16.2. The maximum Gasteiger partial charge on any atom is 0.303 e. The third-order valence-corrected chi connectivity index (χ3v) is 2.84. The normalized spacial score (nSPS) is 10.2. The zero-order chi connectivity index (χ0) is 14.8. The zero-order valence-corrected chi connectivity index (χ0v) is 11.7. The molecule has 2 N–H and O–H groups in total. The molecule has 0 aliphatic heterocycles. The average molecular weight is 279 g/mol. The van der Waals surface area contributed by atoms with Crippen LogP contribution in [-0.4, -0.2) is 24.1 Å². The lowest BCUT2D eigenvalue weighted by atomic mass is 10.1. The van der Waals surface area contributed by atoms with Crippen molar-refractivity contribution in [3.8, 4) is 0 Å². The van der Waals surface area contributed by atoms with E-state index in [1.54, 1.807) is 7.11 Å². The van der Waals surface area contributed by atoms with Crippen molar-refractivity contribution >= 4 is 11.9 Å². The number of nitrogens with one attached hydrogen (secondary N) is 1. The minimum Gasteiger partial charge on any atom is -0.481 e. The van der Waals surface area contributed by atoms with E-state index in [0.29, 0.717) is 32.4 Å². The monoisotopic (exact) mass is 279 g/mol. The number of carboxylic acid groups (broad SMARTS) is 1. The van der Waals surface area contributed by atoms with Gasteiger partial charge in [-0.1, -0.05) is 24.3 Å². The molecule has 0 spiro atoms. The van der Waals surface area contributed by atoms with Crippen LogP contribution < -0.4 is 5.32 Å². The van der Waals surface area contributed by atoms with Gasteiger partial charge in [0.15, 0.2) is 0 Å². The van der Waals surface area contributed by atoms with E-state index in [1.165, 1.54) is 0 Å². The van der Waals surface area contributed by atoms with Crippen LogP contribution in [0.15, 0.2) is 24.3 Å². The first-order valence-electron chi connectivity index (χ1n) is 6.67. The second-order valence-corrected chi connectivity index (χ2v) is 4.63. The Labute approximate surface area is 118 Å². The summed E-state index contributed by atoms with van der Waals surface area (Å²) in [7, 11) is 1.64. The average Bonchev–Trinajstić information content (AvgIpc) is 2.42. The fraction of sp³-hybridized carbons (Fsp3) is 0.467. The highest BCUT2D eigenvalue weighted by Crippen LogP contribution is 2.06. The summed E-state index contributed by atoms with van der Waals surface area (Å²) in [5, 5.41) is 11.3. The summed E-state index contributed by atoms with van der Waals surface area (Å²) in [4.78, 5) is 21.9. The van der Waals surface area contributed by atoms with Crippen LogP contribution in [0.25, 0.3) is 0 Å². The van der Waals surface area contributed by atoms with E-state index < -0.39 is 5.97 Å². The molecular formula is C15H21NO4. The smallest absolute Gasteiger partial charge is 0.303 e. The second kappa shape index (κ2) is 9.09. The highest BCUT2D eigenvalue weighted by atomic mass is 16.5. The van der Waals surface area contributed by atoms with Crippen LogP contribution in [0.1, 0.15) is 36.8 Å². The van der Waals surface area contributed by atoms with E-state index in [9.17, 15) is 9.59 Å². The molecule has 5 nitrogen and oxygen atoms in total. The minimum atomic E-state index is -0.819. The largest absolute Gasteiger partial charge is 0.481 e. The summed E-state index contributed by atoms with van der Waals surface area (Å²) in [6.45, 7) is 1.03. The van der Waals surface area contributed by atoms with Crippen molar-refractivity contribution < 1.29 is 19.4 Å². The molecule has 5 heteroatoms. The topological polar surface area (TPSA) is 75.6 Å². The molecule has 0 unspecified atom stereocenters. The number of ether oxygens (including phenoxy) is 1. The molecule has 0 heterocycles. The Balaban J connectivity index is 2.26. The van der Waals surface area contributed by atoms with Gasteiger partial charge in [-0.2, -0.15) is 0 Å². The predicted octanol–water partition coefficient (Wildman–Crippen LogP) is 2.09. The maximum absolute atomic E-state index is 11.6. The molecule has 0 aliphatic rings. The van der Waals surface area contributed by atoms with E-state index in [0.717, 1.165) is 11.1 Å². The van der Waals surface area contributed by atoms with Crippen LogP contribution in [0.3, 0.4) is 0 Å². The number of unbranched alkanes of at least 4 members (excludes halogenated alkanes) is 1. The van der Waals surface area contributed by atoms with Crippen molar-refractivity contribution in [1.29, 1.82) is 0 Å². The van der Waals surface area contributed by atoms with Gasteiger partial charge in [0.2, 0.25) is 5.91 Å². The molecule has 0 fully saturated rings. The number of carbonyl (C=O) groups is 2. The van der Waals surface area contributed by atoms with Crippen LogP contribution in [0.4, 0.5) is 0 Å². The highest BCUT2D eigenvalue weighted by molar-refractivity contribution is 5.75. The third-order valence-electron chi connectivity index (χ3n) is 2.84. The number of carboxylic acids is 1. The fourth-order valence-corrected chi connectivity index (χ4v) is 1.85. The van der Waals surface area contributed by atoms with E-state index in [2.05, 4.69) is 5.32 Å². The van der Waals surface area contributed by atoms with Crippen LogP contribution >= 0.6 is 0 Å². The Kier molecular flexibility index (Phi) is 7.35. The lowest BCUT2D eigenvalue weighted by molar-refractivity contribution is -0.137. The first-order valence-corrected chi connectivity index (χ1v) is 6.67. The van der Waals surface area contributed by atoms with Crippen LogP contribution in [0.5, 0.6) is 0 Å². The zero-order valence-electron chi connectivity index (χ0n) is 11.7. The molecular weight excluding hydrogens is 258 g/mol. The van der Waals surface area contributed by atoms with Crippen molar-refractivity contribution in [3.05, 3.63) is 35.4 Å². The molecule has 110 valence electrons. The predicted molar refractivity (Wildman–Crippen MR) is 75.1 cm³/mol. The summed E-state index contributed by atoms with van der Waals surface area (Å²) in [5.74, 6) is -0.868. The van der Waals surface area contributed by atoms with Crippen molar-refractivity contribution in [2.75, 3.05) is 7.11 Å². The van der Waals surface area contributed by atoms with Crippen LogP contribution in [0.2, 0.25) is 0 Å². The van der Waals surface area contributed by atoms with Gasteiger partial charge in [-0.15, -0.1) is 0 Å².